The molecule has 0 aliphatic rings. The summed E-state index contributed by atoms with van der Waals surface area (Å²) in [5.74, 6) is -0.319. The van der Waals surface area contributed by atoms with Crippen LogP contribution in [0.4, 0.5) is 4.39 Å². The van der Waals surface area contributed by atoms with Gasteiger partial charge in [-0.2, -0.15) is 0 Å². The Morgan fingerprint density at radius 3 is 2.04 bits per heavy atom. The lowest BCUT2D eigenvalue weighted by Crippen LogP contribution is -2.41. The van der Waals surface area contributed by atoms with Gasteiger partial charge in [-0.1, -0.05) is 31.2 Å². The molecule has 3 nitrogen and oxygen atoms in total. The first-order valence-corrected chi connectivity index (χ1v) is 7.81. The van der Waals surface area contributed by atoms with Crippen molar-refractivity contribution in [2.24, 2.45) is 0 Å². The minimum absolute atomic E-state index is 0.0654. The third-order valence-electron chi connectivity index (χ3n) is 3.74. The van der Waals surface area contributed by atoms with Crippen LogP contribution in [0.1, 0.15) is 23.7 Å². The van der Waals surface area contributed by atoms with Gasteiger partial charge in [0.25, 0.3) is 5.91 Å². The van der Waals surface area contributed by atoms with Crippen molar-refractivity contribution < 1.29 is 9.18 Å². The van der Waals surface area contributed by atoms with Crippen LogP contribution in [0.2, 0.25) is 0 Å². The van der Waals surface area contributed by atoms with Crippen LogP contribution < -0.4 is 5.32 Å². The van der Waals surface area contributed by atoms with Crippen molar-refractivity contribution in [2.75, 3.05) is 20.6 Å². The number of rotatable bonds is 6. The normalized spacial score (nSPS) is 12.2. The van der Waals surface area contributed by atoms with Gasteiger partial charge in [0.2, 0.25) is 0 Å². The first kappa shape index (κ1) is 17.2. The summed E-state index contributed by atoms with van der Waals surface area (Å²) in [6.07, 6.45) is 0.886. The van der Waals surface area contributed by atoms with Gasteiger partial charge in [0.15, 0.2) is 0 Å². The molecule has 1 atom stereocenters. The number of halogens is 1. The van der Waals surface area contributed by atoms with E-state index >= 15 is 0 Å². The molecule has 0 radical (unpaired) electrons. The van der Waals surface area contributed by atoms with E-state index in [0.29, 0.717) is 5.56 Å². The van der Waals surface area contributed by atoms with E-state index in [1.54, 1.807) is 24.3 Å². The van der Waals surface area contributed by atoms with Crippen LogP contribution in [0.25, 0.3) is 11.1 Å². The summed E-state index contributed by atoms with van der Waals surface area (Å²) in [6.45, 7) is 2.88. The van der Waals surface area contributed by atoms with Gasteiger partial charge in [0.05, 0.1) is 0 Å². The molecule has 0 aromatic heterocycles. The summed E-state index contributed by atoms with van der Waals surface area (Å²) in [4.78, 5) is 14.4. The zero-order valence-corrected chi connectivity index (χ0v) is 13.8. The van der Waals surface area contributed by atoms with Crippen LogP contribution in [-0.2, 0) is 0 Å². The van der Waals surface area contributed by atoms with Crippen LogP contribution in [0.15, 0.2) is 48.5 Å². The number of amides is 1. The van der Waals surface area contributed by atoms with Gasteiger partial charge in [0, 0.05) is 18.2 Å². The number of benzene rings is 2. The molecule has 4 heteroatoms. The second-order valence-electron chi connectivity index (χ2n) is 5.93. The van der Waals surface area contributed by atoms with Gasteiger partial charge in [-0.15, -0.1) is 0 Å². The Morgan fingerprint density at radius 1 is 1.04 bits per heavy atom. The molecule has 1 N–H and O–H groups in total. The standard InChI is InChI=1S/C19H23FN2O/c1-4-18(13-22(2)3)21-19(23)16-7-5-14(6-8-16)15-9-11-17(20)12-10-15/h5-12,18H,4,13H2,1-3H3,(H,21,23). The average molecular weight is 314 g/mol. The molecule has 2 rings (SSSR count). The molecular weight excluding hydrogens is 291 g/mol. The SMILES string of the molecule is CCC(CN(C)C)NC(=O)c1ccc(-c2ccc(F)cc2)cc1. The van der Waals surface area contributed by atoms with Crippen molar-refractivity contribution in [3.05, 3.63) is 59.9 Å². The van der Waals surface area contributed by atoms with E-state index in [2.05, 4.69) is 17.1 Å². The molecular formula is C19H23FN2O. The highest BCUT2D eigenvalue weighted by atomic mass is 19.1. The summed E-state index contributed by atoms with van der Waals surface area (Å²) in [5.41, 5.74) is 2.52. The molecule has 2 aromatic carbocycles. The maximum absolute atomic E-state index is 13.0. The minimum Gasteiger partial charge on any atom is -0.348 e. The fraction of sp³-hybridized carbons (Fsp3) is 0.316. The molecule has 0 aliphatic heterocycles. The van der Waals surface area contributed by atoms with E-state index in [0.717, 1.165) is 24.1 Å². The molecule has 1 unspecified atom stereocenters. The quantitative estimate of drug-likeness (QED) is 0.884. The average Bonchev–Trinajstić information content (AvgIpc) is 2.54. The predicted molar refractivity (Wildman–Crippen MR) is 91.9 cm³/mol. The van der Waals surface area contributed by atoms with Gasteiger partial charge in [0.1, 0.15) is 5.82 Å². The predicted octanol–water partition coefficient (Wildman–Crippen LogP) is 3.56. The number of nitrogens with one attached hydrogen (secondary N) is 1. The topological polar surface area (TPSA) is 32.3 Å². The second-order valence-corrected chi connectivity index (χ2v) is 5.93. The number of likely N-dealkylation sites (N-methyl/N-ethyl adjacent to an activating group) is 1. The molecule has 0 bridgehead atoms. The van der Waals surface area contributed by atoms with E-state index in [1.165, 1.54) is 12.1 Å². The molecule has 0 heterocycles. The van der Waals surface area contributed by atoms with Crippen LogP contribution >= 0.6 is 0 Å². The van der Waals surface area contributed by atoms with Gasteiger partial charge in [-0.25, -0.2) is 4.39 Å². The lowest BCUT2D eigenvalue weighted by Gasteiger charge is -2.21. The molecule has 23 heavy (non-hydrogen) atoms. The highest BCUT2D eigenvalue weighted by Gasteiger charge is 2.13. The Hall–Kier alpha value is -2.20. The van der Waals surface area contributed by atoms with Gasteiger partial charge in [-0.05, 0) is 55.9 Å². The van der Waals surface area contributed by atoms with Crippen molar-refractivity contribution in [1.29, 1.82) is 0 Å². The Bertz CT molecular complexity index is 635. The van der Waals surface area contributed by atoms with E-state index < -0.39 is 0 Å². The summed E-state index contributed by atoms with van der Waals surface area (Å²) in [5, 5.41) is 3.05. The van der Waals surface area contributed by atoms with Gasteiger partial charge >= 0.3 is 0 Å². The van der Waals surface area contributed by atoms with E-state index in [9.17, 15) is 9.18 Å². The van der Waals surface area contributed by atoms with Crippen LogP contribution in [0.5, 0.6) is 0 Å². The smallest absolute Gasteiger partial charge is 0.251 e. The van der Waals surface area contributed by atoms with Crippen LogP contribution in [0.3, 0.4) is 0 Å². The molecule has 122 valence electrons. The fourth-order valence-electron chi connectivity index (χ4n) is 2.44. The van der Waals surface area contributed by atoms with Gasteiger partial charge in [-0.3, -0.25) is 4.79 Å². The first-order chi connectivity index (χ1) is 11.0. The van der Waals surface area contributed by atoms with Crippen LogP contribution in [-0.4, -0.2) is 37.5 Å². The second kappa shape index (κ2) is 7.88. The lowest BCUT2D eigenvalue weighted by molar-refractivity contribution is 0.0929. The van der Waals surface area contributed by atoms with Crippen molar-refractivity contribution in [1.82, 2.24) is 10.2 Å². The Balaban J connectivity index is 2.06. The maximum atomic E-state index is 13.0. The Morgan fingerprint density at radius 2 is 1.57 bits per heavy atom. The van der Waals surface area contributed by atoms with Crippen LogP contribution in [0, 0.1) is 5.82 Å². The van der Waals surface area contributed by atoms with Crippen molar-refractivity contribution in [2.45, 2.75) is 19.4 Å². The third kappa shape index (κ3) is 4.89. The van der Waals surface area contributed by atoms with E-state index in [4.69, 9.17) is 0 Å². The maximum Gasteiger partial charge on any atom is 0.251 e. The monoisotopic (exact) mass is 314 g/mol. The number of carbonyl (C=O) groups is 1. The van der Waals surface area contributed by atoms with Crippen molar-refractivity contribution >= 4 is 5.91 Å². The van der Waals surface area contributed by atoms with Crippen molar-refractivity contribution in [3.8, 4) is 11.1 Å². The zero-order chi connectivity index (χ0) is 16.8. The Labute approximate surface area is 137 Å². The number of hydrogen-bond acceptors (Lipinski definition) is 2. The largest absolute Gasteiger partial charge is 0.348 e. The fourth-order valence-corrected chi connectivity index (χ4v) is 2.44. The third-order valence-corrected chi connectivity index (χ3v) is 3.74. The summed E-state index contributed by atoms with van der Waals surface area (Å²) in [6, 6.07) is 13.8. The molecule has 0 saturated heterocycles. The van der Waals surface area contributed by atoms with Crippen molar-refractivity contribution in [3.63, 3.8) is 0 Å². The minimum atomic E-state index is -0.253. The molecule has 0 spiro atoms. The van der Waals surface area contributed by atoms with E-state index in [1.807, 2.05) is 26.2 Å². The first-order valence-electron chi connectivity index (χ1n) is 7.81. The number of carbonyl (C=O) groups excluding carboxylic acids is 1. The molecule has 0 aliphatic carbocycles. The van der Waals surface area contributed by atoms with E-state index in [-0.39, 0.29) is 17.8 Å². The highest BCUT2D eigenvalue weighted by molar-refractivity contribution is 5.94. The molecule has 0 fully saturated rings. The molecule has 2 aromatic rings. The summed E-state index contributed by atoms with van der Waals surface area (Å²) < 4.78 is 13.0. The molecule has 0 saturated carbocycles. The Kier molecular flexibility index (Phi) is 5.88. The lowest BCUT2D eigenvalue weighted by atomic mass is 10.0. The van der Waals surface area contributed by atoms with Gasteiger partial charge < -0.3 is 10.2 Å². The summed E-state index contributed by atoms with van der Waals surface area (Å²) in [7, 11) is 3.98. The summed E-state index contributed by atoms with van der Waals surface area (Å²) >= 11 is 0. The molecule has 1 amide bonds. The number of nitrogens with zero attached hydrogens (tertiary/aromatic N) is 1. The number of hydrogen-bond donors (Lipinski definition) is 1. The zero-order valence-electron chi connectivity index (χ0n) is 13.8. The highest BCUT2D eigenvalue weighted by Crippen LogP contribution is 2.20.